The van der Waals surface area contributed by atoms with Crippen molar-refractivity contribution in [2.24, 2.45) is 5.41 Å². The number of hydrogen-bond acceptors (Lipinski definition) is 5. The van der Waals surface area contributed by atoms with Crippen LogP contribution in [0, 0.1) is 5.41 Å². The Bertz CT molecular complexity index is 618. The van der Waals surface area contributed by atoms with E-state index in [0.717, 1.165) is 18.4 Å². The molecular formula is C15H17N3O3. The standard InChI is InChI=1S/C15H17N3O3/c19-14(20)15(5-1-2-6-15)10-13-17-12(18-21-13)9-11-3-7-16-8-4-11/h3-4,7-8H,1-2,5-6,9-10H2,(H,19,20). The van der Waals surface area contributed by atoms with E-state index >= 15 is 0 Å². The lowest BCUT2D eigenvalue weighted by Gasteiger charge is -2.21. The van der Waals surface area contributed by atoms with Crippen LogP contribution in [0.5, 0.6) is 0 Å². The van der Waals surface area contributed by atoms with Crippen LogP contribution >= 0.6 is 0 Å². The van der Waals surface area contributed by atoms with Crippen molar-refractivity contribution in [1.82, 2.24) is 15.1 Å². The SMILES string of the molecule is O=C(O)C1(Cc2nc(Cc3ccncc3)no2)CCCC1. The van der Waals surface area contributed by atoms with Crippen LogP contribution in [0.2, 0.25) is 0 Å². The lowest BCUT2D eigenvalue weighted by molar-refractivity contribution is -0.148. The average Bonchev–Trinajstić information content (AvgIpc) is 3.11. The molecule has 1 aliphatic rings. The summed E-state index contributed by atoms with van der Waals surface area (Å²) in [6.45, 7) is 0. The molecule has 0 atom stereocenters. The van der Waals surface area contributed by atoms with E-state index < -0.39 is 11.4 Å². The number of hydrogen-bond donors (Lipinski definition) is 1. The summed E-state index contributed by atoms with van der Waals surface area (Å²) in [5, 5.41) is 13.4. The number of carboxylic acid groups (broad SMARTS) is 1. The van der Waals surface area contributed by atoms with Crippen LogP contribution in [-0.2, 0) is 17.6 Å². The van der Waals surface area contributed by atoms with Crippen molar-refractivity contribution in [2.75, 3.05) is 0 Å². The molecule has 2 heterocycles. The van der Waals surface area contributed by atoms with E-state index in [2.05, 4.69) is 15.1 Å². The minimum Gasteiger partial charge on any atom is -0.481 e. The molecule has 1 aliphatic carbocycles. The number of carbonyl (C=O) groups is 1. The summed E-state index contributed by atoms with van der Waals surface area (Å²) in [5.41, 5.74) is 0.326. The Balaban J connectivity index is 1.72. The predicted molar refractivity (Wildman–Crippen MR) is 73.6 cm³/mol. The molecule has 1 fully saturated rings. The number of carboxylic acids is 1. The first kappa shape index (κ1) is 13.7. The fourth-order valence-electron chi connectivity index (χ4n) is 2.92. The topological polar surface area (TPSA) is 89.1 Å². The molecule has 6 nitrogen and oxygen atoms in total. The molecule has 0 bridgehead atoms. The quantitative estimate of drug-likeness (QED) is 0.907. The Hall–Kier alpha value is -2.24. The number of aromatic nitrogens is 3. The van der Waals surface area contributed by atoms with Crippen LogP contribution in [0.1, 0.15) is 43.0 Å². The van der Waals surface area contributed by atoms with Crippen LogP contribution in [-0.4, -0.2) is 26.2 Å². The van der Waals surface area contributed by atoms with E-state index in [0.29, 0.717) is 37.4 Å². The molecule has 1 N–H and O–H groups in total. The third-order valence-electron chi connectivity index (χ3n) is 4.13. The van der Waals surface area contributed by atoms with Crippen molar-refractivity contribution in [2.45, 2.75) is 38.5 Å². The molecule has 0 radical (unpaired) electrons. The fraction of sp³-hybridized carbons (Fsp3) is 0.467. The van der Waals surface area contributed by atoms with Crippen LogP contribution in [0.15, 0.2) is 29.0 Å². The minimum absolute atomic E-state index is 0.325. The van der Waals surface area contributed by atoms with Gasteiger partial charge in [0.15, 0.2) is 5.82 Å². The second kappa shape index (κ2) is 5.63. The molecule has 0 aromatic carbocycles. The molecule has 6 heteroatoms. The molecule has 0 aliphatic heterocycles. The van der Waals surface area contributed by atoms with Crippen LogP contribution in [0.4, 0.5) is 0 Å². The summed E-state index contributed by atoms with van der Waals surface area (Å²) >= 11 is 0. The molecule has 0 saturated heterocycles. The molecule has 0 unspecified atom stereocenters. The molecule has 1 saturated carbocycles. The first-order valence-corrected chi connectivity index (χ1v) is 7.12. The molecule has 2 aromatic rings. The third kappa shape index (κ3) is 2.94. The number of rotatable bonds is 5. The molecule has 3 rings (SSSR count). The average molecular weight is 287 g/mol. The van der Waals surface area contributed by atoms with E-state index in [4.69, 9.17) is 4.52 Å². The smallest absolute Gasteiger partial charge is 0.310 e. The van der Waals surface area contributed by atoms with Crippen LogP contribution < -0.4 is 0 Å². The third-order valence-corrected chi connectivity index (χ3v) is 4.13. The van der Waals surface area contributed by atoms with E-state index in [1.807, 2.05) is 12.1 Å². The Morgan fingerprint density at radius 2 is 2.00 bits per heavy atom. The Kier molecular flexibility index (Phi) is 3.68. The van der Waals surface area contributed by atoms with Crippen molar-refractivity contribution in [1.29, 1.82) is 0 Å². The van der Waals surface area contributed by atoms with Crippen LogP contribution in [0.3, 0.4) is 0 Å². The summed E-state index contributed by atoms with van der Waals surface area (Å²) in [4.78, 5) is 19.8. The molecule has 0 amide bonds. The first-order valence-electron chi connectivity index (χ1n) is 7.12. The van der Waals surface area contributed by atoms with Gasteiger partial charge in [0, 0.05) is 25.2 Å². The highest BCUT2D eigenvalue weighted by molar-refractivity contribution is 5.75. The first-order chi connectivity index (χ1) is 10.2. The zero-order chi connectivity index (χ0) is 14.7. The minimum atomic E-state index is -0.756. The second-order valence-corrected chi connectivity index (χ2v) is 5.61. The van der Waals surface area contributed by atoms with Gasteiger partial charge in [0.1, 0.15) is 0 Å². The van der Waals surface area contributed by atoms with Crippen molar-refractivity contribution in [3.63, 3.8) is 0 Å². The largest absolute Gasteiger partial charge is 0.481 e. The van der Waals surface area contributed by atoms with Gasteiger partial charge in [-0.3, -0.25) is 9.78 Å². The number of pyridine rings is 1. The maximum atomic E-state index is 11.5. The van der Waals surface area contributed by atoms with Gasteiger partial charge in [-0.15, -0.1) is 0 Å². The lowest BCUT2D eigenvalue weighted by Crippen LogP contribution is -2.30. The highest BCUT2D eigenvalue weighted by atomic mass is 16.5. The van der Waals surface area contributed by atoms with E-state index in [1.165, 1.54) is 0 Å². The second-order valence-electron chi connectivity index (χ2n) is 5.61. The van der Waals surface area contributed by atoms with Crippen LogP contribution in [0.25, 0.3) is 0 Å². The number of nitrogens with zero attached hydrogens (tertiary/aromatic N) is 3. The van der Waals surface area contributed by atoms with Gasteiger partial charge < -0.3 is 9.63 Å². The van der Waals surface area contributed by atoms with E-state index in [-0.39, 0.29) is 0 Å². The van der Waals surface area contributed by atoms with Gasteiger partial charge in [0.25, 0.3) is 0 Å². The maximum Gasteiger partial charge on any atom is 0.310 e. The summed E-state index contributed by atoms with van der Waals surface area (Å²) < 4.78 is 5.23. The van der Waals surface area contributed by atoms with Gasteiger partial charge in [-0.05, 0) is 30.5 Å². The highest BCUT2D eigenvalue weighted by Crippen LogP contribution is 2.40. The van der Waals surface area contributed by atoms with Crippen molar-refractivity contribution >= 4 is 5.97 Å². The fourth-order valence-corrected chi connectivity index (χ4v) is 2.92. The molecule has 0 spiro atoms. The van der Waals surface area contributed by atoms with Gasteiger partial charge >= 0.3 is 5.97 Å². The van der Waals surface area contributed by atoms with E-state index in [9.17, 15) is 9.90 Å². The molecule has 2 aromatic heterocycles. The number of aliphatic carboxylic acids is 1. The Labute approximate surface area is 122 Å². The lowest BCUT2D eigenvalue weighted by atomic mass is 9.83. The zero-order valence-corrected chi connectivity index (χ0v) is 11.7. The van der Waals surface area contributed by atoms with Gasteiger partial charge in [-0.2, -0.15) is 4.98 Å². The van der Waals surface area contributed by atoms with Crippen molar-refractivity contribution in [3.8, 4) is 0 Å². The maximum absolute atomic E-state index is 11.5. The van der Waals surface area contributed by atoms with Gasteiger partial charge in [0.05, 0.1) is 5.41 Å². The molecule has 21 heavy (non-hydrogen) atoms. The molecular weight excluding hydrogens is 270 g/mol. The summed E-state index contributed by atoms with van der Waals surface area (Å²) in [6, 6.07) is 3.79. The summed E-state index contributed by atoms with van der Waals surface area (Å²) in [7, 11) is 0. The normalized spacial score (nSPS) is 17.0. The van der Waals surface area contributed by atoms with Gasteiger partial charge in [-0.25, -0.2) is 0 Å². The Morgan fingerprint density at radius 3 is 2.67 bits per heavy atom. The highest BCUT2D eigenvalue weighted by Gasteiger charge is 2.42. The summed E-state index contributed by atoms with van der Waals surface area (Å²) in [6.07, 6.45) is 7.59. The van der Waals surface area contributed by atoms with Crippen molar-refractivity contribution < 1.29 is 14.4 Å². The predicted octanol–water partition coefficient (Wildman–Crippen LogP) is 2.24. The zero-order valence-electron chi connectivity index (χ0n) is 11.7. The van der Waals surface area contributed by atoms with Gasteiger partial charge in [-0.1, -0.05) is 18.0 Å². The monoisotopic (exact) mass is 287 g/mol. The van der Waals surface area contributed by atoms with E-state index in [1.54, 1.807) is 12.4 Å². The Morgan fingerprint density at radius 1 is 1.29 bits per heavy atom. The van der Waals surface area contributed by atoms with Gasteiger partial charge in [0.2, 0.25) is 5.89 Å². The van der Waals surface area contributed by atoms with Crippen molar-refractivity contribution in [3.05, 3.63) is 41.8 Å². The molecule has 110 valence electrons. The summed E-state index contributed by atoms with van der Waals surface area (Å²) in [5.74, 6) is 0.243.